The zero-order chi connectivity index (χ0) is 18.9. The topological polar surface area (TPSA) is 26.8 Å². The van der Waals surface area contributed by atoms with E-state index in [0.717, 1.165) is 26.1 Å². The number of carbonyl (C=O) groups is 1. The number of hydrogen-bond acceptors (Lipinski definition) is 3. The fraction of sp³-hybridized carbons (Fsp3) is 0.667. The molecule has 1 aliphatic rings. The number of hydrogen-bond donors (Lipinski definition) is 0. The highest BCUT2D eigenvalue weighted by atomic mass is 16.2. The van der Waals surface area contributed by atoms with Crippen LogP contribution >= 0.6 is 0 Å². The Morgan fingerprint density at radius 3 is 2.16 bits per heavy atom. The highest BCUT2D eigenvalue weighted by Crippen LogP contribution is 2.35. The number of piperidine rings is 1. The molecule has 142 valence electrons. The fourth-order valence-electron chi connectivity index (χ4n) is 3.51. The predicted octanol–water partition coefficient (Wildman–Crippen LogP) is 2.99. The molecule has 2 rings (SSSR count). The number of benzene rings is 1. The third-order valence-electron chi connectivity index (χ3n) is 4.98. The summed E-state index contributed by atoms with van der Waals surface area (Å²) in [5.41, 5.74) is 1.68. The molecule has 0 spiro atoms. The summed E-state index contributed by atoms with van der Waals surface area (Å²) in [7, 11) is 7.93. The molecule has 0 aromatic heterocycles. The summed E-state index contributed by atoms with van der Waals surface area (Å²) in [5, 5.41) is 0. The summed E-state index contributed by atoms with van der Waals surface area (Å²) in [4.78, 5) is 18.3. The standard InChI is InChI=1S/C19H31N3O.C2H6/c1-20(2)18(23)15-22(4)16-19(10-12-21(3)13-11-19)14-17-8-6-5-7-9-17;1-2/h5-9H,10-16H2,1-4H3;1-2H3. The second kappa shape index (κ2) is 10.6. The quantitative estimate of drug-likeness (QED) is 0.791. The minimum atomic E-state index is 0.176. The SMILES string of the molecule is CC.CN1CCC(Cc2ccccc2)(CN(C)CC(=O)N(C)C)CC1. The third-order valence-corrected chi connectivity index (χ3v) is 4.98. The number of likely N-dealkylation sites (tertiary alicyclic amines) is 1. The molecule has 0 radical (unpaired) electrons. The zero-order valence-electron chi connectivity index (χ0n) is 17.1. The molecule has 0 saturated carbocycles. The van der Waals surface area contributed by atoms with Gasteiger partial charge in [0.05, 0.1) is 6.54 Å². The minimum absolute atomic E-state index is 0.176. The van der Waals surface area contributed by atoms with Crippen LogP contribution in [0.15, 0.2) is 30.3 Å². The number of carbonyl (C=O) groups excluding carboxylic acids is 1. The molecule has 1 aromatic rings. The van der Waals surface area contributed by atoms with Gasteiger partial charge in [0.2, 0.25) is 5.91 Å². The summed E-state index contributed by atoms with van der Waals surface area (Å²) < 4.78 is 0. The second-order valence-electron chi connectivity index (χ2n) is 7.43. The number of nitrogens with zero attached hydrogens (tertiary/aromatic N) is 3. The van der Waals surface area contributed by atoms with Crippen LogP contribution in [0.3, 0.4) is 0 Å². The minimum Gasteiger partial charge on any atom is -0.348 e. The van der Waals surface area contributed by atoms with Gasteiger partial charge in [-0.05, 0) is 57.4 Å². The molecule has 0 N–H and O–H groups in total. The summed E-state index contributed by atoms with van der Waals surface area (Å²) >= 11 is 0. The van der Waals surface area contributed by atoms with Crippen molar-refractivity contribution in [2.24, 2.45) is 5.41 Å². The first-order valence-electron chi connectivity index (χ1n) is 9.51. The first-order chi connectivity index (χ1) is 11.9. The van der Waals surface area contributed by atoms with Crippen molar-refractivity contribution in [3.8, 4) is 0 Å². The first-order valence-corrected chi connectivity index (χ1v) is 9.51. The summed E-state index contributed by atoms with van der Waals surface area (Å²) in [6.07, 6.45) is 3.49. The fourth-order valence-corrected chi connectivity index (χ4v) is 3.51. The van der Waals surface area contributed by atoms with Gasteiger partial charge in [-0.1, -0.05) is 44.2 Å². The van der Waals surface area contributed by atoms with E-state index in [2.05, 4.69) is 54.2 Å². The van der Waals surface area contributed by atoms with Gasteiger partial charge in [-0.2, -0.15) is 0 Å². The molecular formula is C21H37N3O. The Bertz CT molecular complexity index is 493. The van der Waals surface area contributed by atoms with Gasteiger partial charge in [0.15, 0.2) is 0 Å². The second-order valence-corrected chi connectivity index (χ2v) is 7.43. The Kier molecular flexibility index (Phi) is 9.15. The maximum atomic E-state index is 12.0. The maximum Gasteiger partial charge on any atom is 0.236 e. The van der Waals surface area contributed by atoms with Gasteiger partial charge in [0.1, 0.15) is 0 Å². The molecule has 1 aliphatic heterocycles. The van der Waals surface area contributed by atoms with Crippen molar-refractivity contribution in [1.82, 2.24) is 14.7 Å². The average molecular weight is 348 g/mol. The van der Waals surface area contributed by atoms with E-state index in [1.807, 2.05) is 27.9 Å². The number of amides is 1. The van der Waals surface area contributed by atoms with E-state index in [1.54, 1.807) is 4.90 Å². The van der Waals surface area contributed by atoms with Crippen LogP contribution in [0.5, 0.6) is 0 Å². The van der Waals surface area contributed by atoms with E-state index in [4.69, 9.17) is 0 Å². The molecule has 0 aliphatic carbocycles. The first kappa shape index (κ1) is 21.7. The van der Waals surface area contributed by atoms with E-state index in [0.29, 0.717) is 6.54 Å². The molecule has 1 saturated heterocycles. The van der Waals surface area contributed by atoms with E-state index < -0.39 is 0 Å². The lowest BCUT2D eigenvalue weighted by Gasteiger charge is -2.43. The van der Waals surface area contributed by atoms with Crippen LogP contribution in [0.4, 0.5) is 0 Å². The monoisotopic (exact) mass is 347 g/mol. The summed E-state index contributed by atoms with van der Waals surface area (Å²) in [6, 6.07) is 10.8. The van der Waals surface area contributed by atoms with Crippen LogP contribution in [0.2, 0.25) is 0 Å². The van der Waals surface area contributed by atoms with E-state index in [1.165, 1.54) is 18.4 Å². The number of rotatable bonds is 6. The van der Waals surface area contributed by atoms with Crippen molar-refractivity contribution < 1.29 is 4.79 Å². The van der Waals surface area contributed by atoms with Gasteiger partial charge in [-0.15, -0.1) is 0 Å². The van der Waals surface area contributed by atoms with E-state index in [-0.39, 0.29) is 11.3 Å². The molecule has 0 unspecified atom stereocenters. The lowest BCUT2D eigenvalue weighted by atomic mass is 9.73. The predicted molar refractivity (Wildman–Crippen MR) is 107 cm³/mol. The zero-order valence-corrected chi connectivity index (χ0v) is 17.1. The van der Waals surface area contributed by atoms with Crippen LogP contribution in [-0.2, 0) is 11.2 Å². The Morgan fingerprint density at radius 1 is 1.08 bits per heavy atom. The molecule has 4 heteroatoms. The van der Waals surface area contributed by atoms with Crippen LogP contribution in [-0.4, -0.2) is 75.0 Å². The van der Waals surface area contributed by atoms with Crippen LogP contribution < -0.4 is 0 Å². The largest absolute Gasteiger partial charge is 0.348 e. The Hall–Kier alpha value is -1.39. The van der Waals surface area contributed by atoms with E-state index in [9.17, 15) is 4.79 Å². The van der Waals surface area contributed by atoms with Crippen LogP contribution in [0.25, 0.3) is 0 Å². The molecule has 4 nitrogen and oxygen atoms in total. The summed E-state index contributed by atoms with van der Waals surface area (Å²) in [5.74, 6) is 0.176. The van der Waals surface area contributed by atoms with Gasteiger partial charge < -0.3 is 9.80 Å². The molecule has 1 amide bonds. The third kappa shape index (κ3) is 7.17. The van der Waals surface area contributed by atoms with Crippen molar-refractivity contribution in [2.45, 2.75) is 33.1 Å². The van der Waals surface area contributed by atoms with E-state index >= 15 is 0 Å². The molecule has 1 heterocycles. The summed E-state index contributed by atoms with van der Waals surface area (Å²) in [6.45, 7) is 7.76. The maximum absolute atomic E-state index is 12.0. The van der Waals surface area contributed by atoms with Crippen LogP contribution in [0.1, 0.15) is 32.3 Å². The Morgan fingerprint density at radius 2 is 1.64 bits per heavy atom. The molecule has 0 bridgehead atoms. The van der Waals surface area contributed by atoms with Crippen molar-refractivity contribution in [1.29, 1.82) is 0 Å². The molecule has 25 heavy (non-hydrogen) atoms. The lowest BCUT2D eigenvalue weighted by molar-refractivity contribution is -0.130. The molecule has 1 aromatic carbocycles. The average Bonchev–Trinajstić information content (AvgIpc) is 2.60. The van der Waals surface area contributed by atoms with Crippen molar-refractivity contribution in [3.63, 3.8) is 0 Å². The van der Waals surface area contributed by atoms with Gasteiger partial charge in [-0.3, -0.25) is 9.69 Å². The van der Waals surface area contributed by atoms with Gasteiger partial charge in [0.25, 0.3) is 0 Å². The van der Waals surface area contributed by atoms with Gasteiger partial charge in [-0.25, -0.2) is 0 Å². The number of likely N-dealkylation sites (N-methyl/N-ethyl adjacent to an activating group) is 2. The highest BCUT2D eigenvalue weighted by molar-refractivity contribution is 5.77. The van der Waals surface area contributed by atoms with Crippen molar-refractivity contribution in [3.05, 3.63) is 35.9 Å². The molecular weight excluding hydrogens is 310 g/mol. The van der Waals surface area contributed by atoms with Crippen molar-refractivity contribution in [2.75, 3.05) is 54.4 Å². The smallest absolute Gasteiger partial charge is 0.236 e. The Balaban J connectivity index is 0.00000151. The molecule has 0 atom stereocenters. The van der Waals surface area contributed by atoms with Gasteiger partial charge in [0, 0.05) is 20.6 Å². The van der Waals surface area contributed by atoms with Crippen molar-refractivity contribution >= 4 is 5.91 Å². The Labute approximate surface area is 154 Å². The van der Waals surface area contributed by atoms with Crippen LogP contribution in [0, 0.1) is 5.41 Å². The molecule has 1 fully saturated rings. The normalized spacial score (nSPS) is 16.9. The highest BCUT2D eigenvalue weighted by Gasteiger charge is 2.35. The van der Waals surface area contributed by atoms with Gasteiger partial charge >= 0.3 is 0 Å². The lowest BCUT2D eigenvalue weighted by Crippen LogP contribution is -2.47.